The van der Waals surface area contributed by atoms with E-state index < -0.39 is 32.5 Å². The molecule has 0 unspecified atom stereocenters. The van der Waals surface area contributed by atoms with Gasteiger partial charge in [-0.15, -0.1) is 0 Å². The Morgan fingerprint density at radius 1 is 0.800 bits per heavy atom. The summed E-state index contributed by atoms with van der Waals surface area (Å²) >= 11 is 0. The first kappa shape index (κ1) is 29.2. The van der Waals surface area contributed by atoms with E-state index in [9.17, 15) is 21.6 Å². The molecule has 1 saturated heterocycles. The molecule has 1 fully saturated rings. The Bertz CT molecular complexity index is 1570. The lowest BCUT2D eigenvalue weighted by atomic mass is 10.2. The van der Waals surface area contributed by atoms with Gasteiger partial charge < -0.3 is 19.5 Å². The molecule has 1 N–H and O–H groups in total. The molecule has 11 nitrogen and oxygen atoms in total. The predicted octanol–water partition coefficient (Wildman–Crippen LogP) is 3.33. The van der Waals surface area contributed by atoms with Crippen molar-refractivity contribution in [1.29, 1.82) is 0 Å². The minimum Gasteiger partial charge on any atom is -0.495 e. The third-order valence-corrected chi connectivity index (χ3v) is 10.1. The number of hydrogen-bond acceptors (Lipinski definition) is 8. The number of amides is 1. The van der Waals surface area contributed by atoms with Crippen molar-refractivity contribution >= 4 is 37.3 Å². The number of anilines is 2. The lowest BCUT2D eigenvalue weighted by molar-refractivity contribution is -0.114. The minimum atomic E-state index is -4.20. The van der Waals surface area contributed by atoms with Crippen molar-refractivity contribution in [3.63, 3.8) is 0 Å². The number of rotatable bonds is 11. The maximum Gasteiger partial charge on any atom is 0.264 e. The number of carbonyl (C=O) groups is 1. The van der Waals surface area contributed by atoms with Gasteiger partial charge in [-0.2, -0.15) is 4.31 Å². The van der Waals surface area contributed by atoms with Crippen LogP contribution in [0, 0.1) is 0 Å². The number of ether oxygens (including phenoxy) is 3. The molecule has 1 amide bonds. The molecule has 0 radical (unpaired) electrons. The first-order valence-corrected chi connectivity index (χ1v) is 15.3. The van der Waals surface area contributed by atoms with Gasteiger partial charge in [-0.1, -0.05) is 18.2 Å². The summed E-state index contributed by atoms with van der Waals surface area (Å²) in [7, 11) is -3.71. The van der Waals surface area contributed by atoms with Gasteiger partial charge in [0.15, 0.2) is 11.5 Å². The van der Waals surface area contributed by atoms with Crippen molar-refractivity contribution in [2.75, 3.05) is 50.6 Å². The Kier molecular flexibility index (Phi) is 8.86. The molecular formula is C27H31N3O8S2. The molecule has 1 heterocycles. The largest absolute Gasteiger partial charge is 0.495 e. The molecule has 0 bridgehead atoms. The van der Waals surface area contributed by atoms with Gasteiger partial charge in [-0.25, -0.2) is 16.8 Å². The molecule has 13 heteroatoms. The maximum atomic E-state index is 13.7. The summed E-state index contributed by atoms with van der Waals surface area (Å²) in [5.74, 6) is 0.157. The summed E-state index contributed by atoms with van der Waals surface area (Å²) in [6.45, 7) is 0.223. The Hall–Kier alpha value is -3.81. The average Bonchev–Trinajstić information content (AvgIpc) is 3.52. The highest BCUT2D eigenvalue weighted by molar-refractivity contribution is 7.92. The maximum absolute atomic E-state index is 13.7. The number of benzene rings is 3. The third kappa shape index (κ3) is 6.01. The average molecular weight is 590 g/mol. The highest BCUT2D eigenvalue weighted by Crippen LogP contribution is 2.34. The number of nitrogens with one attached hydrogen (secondary N) is 1. The summed E-state index contributed by atoms with van der Waals surface area (Å²) in [6.07, 6.45) is 1.56. The standard InChI is InChI=1S/C27H31N3O8S2/c1-36-24-14-12-22(39(32,33)29-15-7-8-16-29)18-23(24)28-27(31)19-30(40(34,35)21-9-5-4-6-10-21)20-11-13-25(37-2)26(17-20)38-3/h4-6,9-14,17-18H,7-8,15-16,19H2,1-3H3,(H,28,31). The van der Waals surface area contributed by atoms with E-state index in [1.165, 1.54) is 74.2 Å². The molecule has 1 aliphatic rings. The van der Waals surface area contributed by atoms with Gasteiger partial charge in [0.25, 0.3) is 10.0 Å². The SMILES string of the molecule is COc1ccc(S(=O)(=O)N2CCCC2)cc1NC(=O)CN(c1ccc(OC)c(OC)c1)S(=O)(=O)c1ccccc1. The first-order valence-electron chi connectivity index (χ1n) is 12.4. The van der Waals surface area contributed by atoms with Crippen LogP contribution in [-0.4, -0.2) is 68.0 Å². The Morgan fingerprint density at radius 3 is 2.05 bits per heavy atom. The van der Waals surface area contributed by atoms with Crippen LogP contribution in [-0.2, 0) is 24.8 Å². The van der Waals surface area contributed by atoms with Crippen molar-refractivity contribution in [2.24, 2.45) is 0 Å². The fraction of sp³-hybridized carbons (Fsp3) is 0.296. The number of sulfonamides is 2. The summed E-state index contributed by atoms with van der Waals surface area (Å²) in [5.41, 5.74) is 0.256. The molecule has 3 aromatic rings. The fourth-order valence-electron chi connectivity index (χ4n) is 4.36. The van der Waals surface area contributed by atoms with Crippen molar-refractivity contribution in [3.8, 4) is 17.2 Å². The van der Waals surface area contributed by atoms with Crippen molar-refractivity contribution in [2.45, 2.75) is 22.6 Å². The van der Waals surface area contributed by atoms with Crippen LogP contribution in [0.2, 0.25) is 0 Å². The smallest absolute Gasteiger partial charge is 0.264 e. The molecule has 0 atom stereocenters. The minimum absolute atomic E-state index is 0.000783. The van der Waals surface area contributed by atoms with Crippen LogP contribution in [0.3, 0.4) is 0 Å². The highest BCUT2D eigenvalue weighted by atomic mass is 32.2. The van der Waals surface area contributed by atoms with E-state index in [1.807, 2.05) is 0 Å². The lowest BCUT2D eigenvalue weighted by Gasteiger charge is -2.25. The van der Waals surface area contributed by atoms with Gasteiger partial charge in [-0.3, -0.25) is 9.10 Å². The second kappa shape index (κ2) is 12.1. The molecule has 0 saturated carbocycles. The van der Waals surface area contributed by atoms with Gasteiger partial charge in [0, 0.05) is 19.2 Å². The Morgan fingerprint density at radius 2 is 1.43 bits per heavy atom. The summed E-state index contributed by atoms with van der Waals surface area (Å²) in [4.78, 5) is 13.3. The van der Waals surface area contributed by atoms with Crippen LogP contribution in [0.15, 0.2) is 76.5 Å². The lowest BCUT2D eigenvalue weighted by Crippen LogP contribution is -2.38. The second-order valence-electron chi connectivity index (χ2n) is 8.89. The van der Waals surface area contributed by atoms with E-state index in [4.69, 9.17) is 14.2 Å². The zero-order chi connectivity index (χ0) is 28.9. The van der Waals surface area contributed by atoms with E-state index in [-0.39, 0.29) is 32.7 Å². The number of nitrogens with zero attached hydrogens (tertiary/aromatic N) is 2. The monoisotopic (exact) mass is 589 g/mol. The first-order chi connectivity index (χ1) is 19.1. The summed E-state index contributed by atoms with van der Waals surface area (Å²) < 4.78 is 71.9. The van der Waals surface area contributed by atoms with Crippen LogP contribution >= 0.6 is 0 Å². The predicted molar refractivity (Wildman–Crippen MR) is 150 cm³/mol. The number of hydrogen-bond donors (Lipinski definition) is 1. The third-order valence-electron chi connectivity index (χ3n) is 6.42. The summed E-state index contributed by atoms with van der Waals surface area (Å²) in [6, 6.07) is 16.4. The van der Waals surface area contributed by atoms with E-state index in [2.05, 4.69) is 5.32 Å². The zero-order valence-corrected chi connectivity index (χ0v) is 24.0. The van der Waals surface area contributed by atoms with E-state index in [1.54, 1.807) is 18.2 Å². The second-order valence-corrected chi connectivity index (χ2v) is 12.7. The highest BCUT2D eigenvalue weighted by Gasteiger charge is 2.30. The van der Waals surface area contributed by atoms with Crippen LogP contribution < -0.4 is 23.8 Å². The van der Waals surface area contributed by atoms with E-state index in [0.29, 0.717) is 18.8 Å². The van der Waals surface area contributed by atoms with E-state index in [0.717, 1.165) is 17.1 Å². The summed E-state index contributed by atoms with van der Waals surface area (Å²) in [5, 5.41) is 2.63. The molecule has 0 spiro atoms. The Balaban J connectivity index is 1.69. The molecule has 0 aliphatic carbocycles. The fourth-order valence-corrected chi connectivity index (χ4v) is 7.34. The topological polar surface area (TPSA) is 132 Å². The van der Waals surface area contributed by atoms with E-state index >= 15 is 0 Å². The molecule has 0 aromatic heterocycles. The van der Waals surface area contributed by atoms with Crippen LogP contribution in [0.1, 0.15) is 12.8 Å². The normalized spacial score (nSPS) is 14.0. The quantitative estimate of drug-likeness (QED) is 0.360. The van der Waals surface area contributed by atoms with Crippen molar-refractivity contribution in [3.05, 3.63) is 66.7 Å². The molecular weight excluding hydrogens is 558 g/mol. The molecule has 3 aromatic carbocycles. The van der Waals surface area contributed by atoms with Crippen LogP contribution in [0.25, 0.3) is 0 Å². The van der Waals surface area contributed by atoms with Crippen LogP contribution in [0.4, 0.5) is 11.4 Å². The van der Waals surface area contributed by atoms with Gasteiger partial charge in [0.1, 0.15) is 12.3 Å². The van der Waals surface area contributed by atoms with Gasteiger partial charge in [-0.05, 0) is 55.3 Å². The molecule has 1 aliphatic heterocycles. The molecule has 214 valence electrons. The van der Waals surface area contributed by atoms with Gasteiger partial charge >= 0.3 is 0 Å². The number of carbonyl (C=O) groups excluding carboxylic acids is 1. The van der Waals surface area contributed by atoms with Gasteiger partial charge in [0.05, 0.1) is 42.5 Å². The van der Waals surface area contributed by atoms with Crippen LogP contribution in [0.5, 0.6) is 17.2 Å². The number of methoxy groups -OCH3 is 3. The van der Waals surface area contributed by atoms with Gasteiger partial charge in [0.2, 0.25) is 15.9 Å². The van der Waals surface area contributed by atoms with Crippen molar-refractivity contribution < 1.29 is 35.8 Å². The van der Waals surface area contributed by atoms with Crippen molar-refractivity contribution in [1.82, 2.24) is 4.31 Å². The molecule has 4 rings (SSSR count). The Labute approximate surface area is 234 Å². The zero-order valence-electron chi connectivity index (χ0n) is 22.4. The molecule has 40 heavy (non-hydrogen) atoms.